The van der Waals surface area contributed by atoms with E-state index in [-0.39, 0.29) is 0 Å². The highest BCUT2D eigenvalue weighted by atomic mass is 15.1. The molecule has 3 nitrogen and oxygen atoms in total. The molecule has 2 heterocycles. The van der Waals surface area contributed by atoms with Crippen LogP contribution in [0.2, 0.25) is 0 Å². The number of pyridine rings is 1. The molecule has 1 saturated heterocycles. The Morgan fingerprint density at radius 1 is 1.60 bits per heavy atom. The van der Waals surface area contributed by atoms with Gasteiger partial charge in [-0.05, 0) is 44.1 Å². The maximum atomic E-state index is 4.13. The molecule has 1 aliphatic rings. The molecule has 2 rings (SSSR count). The van der Waals surface area contributed by atoms with Crippen molar-refractivity contribution in [2.75, 3.05) is 26.7 Å². The minimum absolute atomic E-state index is 0.826. The molecule has 0 saturated carbocycles. The number of hydrogen-bond donors (Lipinski definition) is 1. The van der Waals surface area contributed by atoms with Crippen molar-refractivity contribution in [3.63, 3.8) is 0 Å². The van der Waals surface area contributed by atoms with Crippen LogP contribution in [0.25, 0.3) is 0 Å². The van der Waals surface area contributed by atoms with E-state index in [9.17, 15) is 0 Å². The Kier molecular flexibility index (Phi) is 3.69. The molecule has 1 aromatic heterocycles. The SMILES string of the molecule is CN(Cc1cccnc1)C[C@H]1CCNC1. The van der Waals surface area contributed by atoms with Gasteiger partial charge in [0.05, 0.1) is 0 Å². The van der Waals surface area contributed by atoms with Crippen LogP contribution in [0.15, 0.2) is 24.5 Å². The van der Waals surface area contributed by atoms with Crippen LogP contribution in [-0.2, 0) is 6.54 Å². The van der Waals surface area contributed by atoms with Gasteiger partial charge in [-0.1, -0.05) is 6.07 Å². The largest absolute Gasteiger partial charge is 0.316 e. The van der Waals surface area contributed by atoms with Crippen LogP contribution < -0.4 is 5.32 Å². The molecule has 0 unspecified atom stereocenters. The highest BCUT2D eigenvalue weighted by Crippen LogP contribution is 2.10. The Labute approximate surface area is 91.5 Å². The summed E-state index contributed by atoms with van der Waals surface area (Å²) in [5.41, 5.74) is 1.30. The summed E-state index contributed by atoms with van der Waals surface area (Å²) < 4.78 is 0. The normalized spacial score (nSPS) is 21.1. The molecule has 0 aliphatic carbocycles. The number of aromatic nitrogens is 1. The van der Waals surface area contributed by atoms with E-state index < -0.39 is 0 Å². The summed E-state index contributed by atoms with van der Waals surface area (Å²) in [5.74, 6) is 0.826. The summed E-state index contributed by atoms with van der Waals surface area (Å²) in [6.07, 6.45) is 5.09. The van der Waals surface area contributed by atoms with Crippen LogP contribution in [0, 0.1) is 5.92 Å². The average molecular weight is 205 g/mol. The van der Waals surface area contributed by atoms with E-state index in [2.05, 4.69) is 28.3 Å². The van der Waals surface area contributed by atoms with E-state index in [1.807, 2.05) is 18.5 Å². The molecule has 0 radical (unpaired) electrons. The molecule has 3 heteroatoms. The van der Waals surface area contributed by atoms with Gasteiger partial charge in [0.15, 0.2) is 0 Å². The minimum Gasteiger partial charge on any atom is -0.316 e. The van der Waals surface area contributed by atoms with Crippen molar-refractivity contribution in [1.29, 1.82) is 0 Å². The molecule has 15 heavy (non-hydrogen) atoms. The topological polar surface area (TPSA) is 28.2 Å². The molecule has 1 aromatic rings. The predicted octanol–water partition coefficient (Wildman–Crippen LogP) is 1.12. The van der Waals surface area contributed by atoms with E-state index in [4.69, 9.17) is 0 Å². The lowest BCUT2D eigenvalue weighted by atomic mass is 10.1. The van der Waals surface area contributed by atoms with Gasteiger partial charge in [-0.3, -0.25) is 4.98 Å². The Morgan fingerprint density at radius 3 is 3.20 bits per heavy atom. The highest BCUT2D eigenvalue weighted by molar-refractivity contribution is 5.07. The third-order valence-corrected chi connectivity index (χ3v) is 2.91. The summed E-state index contributed by atoms with van der Waals surface area (Å²) in [5, 5.41) is 3.40. The quantitative estimate of drug-likeness (QED) is 0.798. The fourth-order valence-electron chi connectivity index (χ4n) is 2.18. The average Bonchev–Trinajstić information content (AvgIpc) is 2.71. The fraction of sp³-hybridized carbons (Fsp3) is 0.583. The lowest BCUT2D eigenvalue weighted by Gasteiger charge is -2.20. The van der Waals surface area contributed by atoms with Crippen molar-refractivity contribution in [2.45, 2.75) is 13.0 Å². The smallest absolute Gasteiger partial charge is 0.0312 e. The van der Waals surface area contributed by atoms with Crippen molar-refractivity contribution in [2.24, 2.45) is 5.92 Å². The van der Waals surface area contributed by atoms with E-state index in [0.29, 0.717) is 0 Å². The van der Waals surface area contributed by atoms with Crippen molar-refractivity contribution in [3.8, 4) is 0 Å². The minimum atomic E-state index is 0.826. The molecule has 0 aromatic carbocycles. The molecule has 1 aliphatic heterocycles. The summed E-state index contributed by atoms with van der Waals surface area (Å²) in [6, 6.07) is 4.14. The molecule has 1 fully saturated rings. The van der Waals surface area contributed by atoms with Gasteiger partial charge in [0.1, 0.15) is 0 Å². The van der Waals surface area contributed by atoms with Gasteiger partial charge in [0.25, 0.3) is 0 Å². The van der Waals surface area contributed by atoms with Gasteiger partial charge in [-0.25, -0.2) is 0 Å². The first-order valence-electron chi connectivity index (χ1n) is 5.63. The van der Waals surface area contributed by atoms with Crippen LogP contribution in [0.1, 0.15) is 12.0 Å². The summed E-state index contributed by atoms with van der Waals surface area (Å²) in [4.78, 5) is 6.51. The molecule has 82 valence electrons. The third-order valence-electron chi connectivity index (χ3n) is 2.91. The van der Waals surface area contributed by atoms with E-state index in [1.165, 1.54) is 31.6 Å². The van der Waals surface area contributed by atoms with Crippen LogP contribution in [-0.4, -0.2) is 36.6 Å². The summed E-state index contributed by atoms with van der Waals surface area (Å²) in [6.45, 7) is 4.55. The Hall–Kier alpha value is -0.930. The van der Waals surface area contributed by atoms with E-state index in [1.54, 1.807) is 0 Å². The zero-order valence-electron chi connectivity index (χ0n) is 9.32. The lowest BCUT2D eigenvalue weighted by Crippen LogP contribution is -2.26. The highest BCUT2D eigenvalue weighted by Gasteiger charge is 2.16. The van der Waals surface area contributed by atoms with Crippen molar-refractivity contribution in [1.82, 2.24) is 15.2 Å². The summed E-state index contributed by atoms with van der Waals surface area (Å²) >= 11 is 0. The maximum absolute atomic E-state index is 4.13. The Balaban J connectivity index is 1.79. The fourth-order valence-corrected chi connectivity index (χ4v) is 2.18. The van der Waals surface area contributed by atoms with Crippen LogP contribution >= 0.6 is 0 Å². The molecule has 0 bridgehead atoms. The molecule has 1 atom stereocenters. The number of hydrogen-bond acceptors (Lipinski definition) is 3. The van der Waals surface area contributed by atoms with Crippen molar-refractivity contribution >= 4 is 0 Å². The maximum Gasteiger partial charge on any atom is 0.0312 e. The molecular formula is C12H19N3. The monoisotopic (exact) mass is 205 g/mol. The van der Waals surface area contributed by atoms with E-state index >= 15 is 0 Å². The van der Waals surface area contributed by atoms with Crippen LogP contribution in [0.3, 0.4) is 0 Å². The molecule has 0 amide bonds. The molecule has 0 spiro atoms. The van der Waals surface area contributed by atoms with Gasteiger partial charge in [0, 0.05) is 25.5 Å². The number of nitrogens with zero attached hydrogens (tertiary/aromatic N) is 2. The van der Waals surface area contributed by atoms with Gasteiger partial charge in [0.2, 0.25) is 0 Å². The Morgan fingerprint density at radius 2 is 2.53 bits per heavy atom. The van der Waals surface area contributed by atoms with E-state index in [0.717, 1.165) is 12.5 Å². The Bertz CT molecular complexity index is 280. The molecular weight excluding hydrogens is 186 g/mol. The van der Waals surface area contributed by atoms with Gasteiger partial charge >= 0.3 is 0 Å². The zero-order valence-corrected chi connectivity index (χ0v) is 9.32. The lowest BCUT2D eigenvalue weighted by molar-refractivity contribution is 0.278. The second-order valence-corrected chi connectivity index (χ2v) is 4.42. The first-order chi connectivity index (χ1) is 7.34. The standard InChI is InChI=1S/C12H19N3/c1-15(10-12-4-6-14-8-12)9-11-3-2-5-13-7-11/h2-3,5,7,12,14H,4,6,8-10H2,1H3/t12-/m0/s1. The predicted molar refractivity (Wildman–Crippen MR) is 61.5 cm³/mol. The first kappa shape index (κ1) is 10.6. The zero-order chi connectivity index (χ0) is 10.5. The summed E-state index contributed by atoms with van der Waals surface area (Å²) in [7, 11) is 2.19. The van der Waals surface area contributed by atoms with Crippen molar-refractivity contribution in [3.05, 3.63) is 30.1 Å². The second kappa shape index (κ2) is 5.24. The van der Waals surface area contributed by atoms with Crippen LogP contribution in [0.4, 0.5) is 0 Å². The second-order valence-electron chi connectivity index (χ2n) is 4.42. The number of rotatable bonds is 4. The third kappa shape index (κ3) is 3.29. The van der Waals surface area contributed by atoms with Gasteiger partial charge < -0.3 is 10.2 Å². The van der Waals surface area contributed by atoms with Gasteiger partial charge in [-0.2, -0.15) is 0 Å². The van der Waals surface area contributed by atoms with Gasteiger partial charge in [-0.15, -0.1) is 0 Å². The first-order valence-corrected chi connectivity index (χ1v) is 5.63. The molecule has 1 N–H and O–H groups in total. The van der Waals surface area contributed by atoms with Crippen LogP contribution in [0.5, 0.6) is 0 Å². The van der Waals surface area contributed by atoms with Crippen molar-refractivity contribution < 1.29 is 0 Å². The number of nitrogens with one attached hydrogen (secondary N) is 1.